The van der Waals surface area contributed by atoms with Crippen LogP contribution in [-0.2, 0) is 9.47 Å². The molecule has 1 aromatic rings. The van der Waals surface area contributed by atoms with Gasteiger partial charge in [-0.05, 0) is 18.2 Å². The van der Waals surface area contributed by atoms with Crippen molar-refractivity contribution in [3.63, 3.8) is 0 Å². The van der Waals surface area contributed by atoms with Gasteiger partial charge in [-0.1, -0.05) is 6.07 Å². The molecule has 8 nitrogen and oxygen atoms in total. The lowest BCUT2D eigenvalue weighted by Crippen LogP contribution is -2.63. The molecule has 124 valence electrons. The Morgan fingerprint density at radius 1 is 1.39 bits per heavy atom. The largest absolute Gasteiger partial charge is 0.465 e. The fraction of sp³-hybridized carbons (Fsp3) is 0.533. The van der Waals surface area contributed by atoms with E-state index in [9.17, 15) is 14.9 Å². The van der Waals surface area contributed by atoms with Crippen LogP contribution in [0.2, 0.25) is 0 Å². The van der Waals surface area contributed by atoms with Gasteiger partial charge in [0, 0.05) is 23.7 Å². The first kappa shape index (κ1) is 15.7. The maximum Gasteiger partial charge on any atom is 0.337 e. The normalized spacial score (nSPS) is 22.5. The second-order valence-corrected chi connectivity index (χ2v) is 5.68. The quantitative estimate of drug-likeness (QED) is 0.456. The van der Waals surface area contributed by atoms with Gasteiger partial charge in [0.05, 0.1) is 31.9 Å². The fourth-order valence-corrected chi connectivity index (χ4v) is 2.99. The van der Waals surface area contributed by atoms with Gasteiger partial charge in [0.15, 0.2) is 0 Å². The minimum absolute atomic E-state index is 0.133. The Bertz CT molecular complexity index is 605. The maximum atomic E-state index is 11.6. The molecule has 0 spiro atoms. The Hall–Kier alpha value is -2.19. The second-order valence-electron chi connectivity index (χ2n) is 5.68. The van der Waals surface area contributed by atoms with Crippen molar-refractivity contribution >= 4 is 11.7 Å². The van der Waals surface area contributed by atoms with Crippen LogP contribution in [0.4, 0.5) is 5.69 Å². The number of rotatable bonds is 4. The molecule has 23 heavy (non-hydrogen) atoms. The average Bonchev–Trinajstić information content (AvgIpc) is 2.52. The van der Waals surface area contributed by atoms with Gasteiger partial charge >= 0.3 is 5.97 Å². The smallest absolute Gasteiger partial charge is 0.337 e. The lowest BCUT2D eigenvalue weighted by Gasteiger charge is -2.44. The summed E-state index contributed by atoms with van der Waals surface area (Å²) in [5.41, 5.74) is 1.24. The zero-order chi connectivity index (χ0) is 16.4. The van der Waals surface area contributed by atoms with Gasteiger partial charge in [-0.15, -0.1) is 0 Å². The van der Waals surface area contributed by atoms with Crippen molar-refractivity contribution < 1.29 is 19.2 Å². The molecule has 0 aromatic heterocycles. The van der Waals surface area contributed by atoms with Crippen molar-refractivity contribution in [2.45, 2.75) is 12.2 Å². The highest BCUT2D eigenvalue weighted by molar-refractivity contribution is 5.90. The van der Waals surface area contributed by atoms with Crippen LogP contribution < -0.4 is 4.90 Å². The molecule has 2 aliphatic heterocycles. The topological polar surface area (TPSA) is 85.2 Å². The third-order valence-electron chi connectivity index (χ3n) is 4.36. The Morgan fingerprint density at radius 3 is 2.78 bits per heavy atom. The third-order valence-corrected chi connectivity index (χ3v) is 4.36. The van der Waals surface area contributed by atoms with Crippen LogP contribution in [0.25, 0.3) is 0 Å². The van der Waals surface area contributed by atoms with Crippen molar-refractivity contribution in [3.8, 4) is 0 Å². The van der Waals surface area contributed by atoms with Crippen molar-refractivity contribution in [2.24, 2.45) is 0 Å². The first-order valence-corrected chi connectivity index (χ1v) is 7.50. The van der Waals surface area contributed by atoms with Crippen molar-refractivity contribution in [1.82, 2.24) is 4.90 Å². The Balaban J connectivity index is 1.76. The van der Waals surface area contributed by atoms with E-state index in [1.165, 1.54) is 7.11 Å². The summed E-state index contributed by atoms with van der Waals surface area (Å²) in [5, 5.41) is 11.4. The third kappa shape index (κ3) is 3.13. The van der Waals surface area contributed by atoms with Crippen LogP contribution in [0.1, 0.15) is 10.4 Å². The summed E-state index contributed by atoms with van der Waals surface area (Å²) < 4.78 is 9.87. The standard InChI is InChI=1S/C15H19N3O5/c1-22-15(19)11-3-2-4-12(7-11)16-5-6-17(13-9-23-10-13)14(8-16)18(20)21/h2-4,7,13-14H,5-6,8-10H2,1H3. The molecular formula is C15H19N3O5. The molecule has 0 N–H and O–H groups in total. The summed E-state index contributed by atoms with van der Waals surface area (Å²) in [7, 11) is 1.33. The van der Waals surface area contributed by atoms with Gasteiger partial charge in [-0.2, -0.15) is 0 Å². The number of methoxy groups -OCH3 is 1. The minimum atomic E-state index is -0.764. The summed E-state index contributed by atoms with van der Waals surface area (Å²) in [6.07, 6.45) is -0.764. The van der Waals surface area contributed by atoms with Crippen LogP contribution in [0, 0.1) is 10.1 Å². The van der Waals surface area contributed by atoms with Gasteiger partial charge in [0.25, 0.3) is 6.17 Å². The molecule has 0 bridgehead atoms. The monoisotopic (exact) mass is 321 g/mol. The number of hydrogen-bond acceptors (Lipinski definition) is 7. The minimum Gasteiger partial charge on any atom is -0.465 e. The highest BCUT2D eigenvalue weighted by atomic mass is 16.6. The van der Waals surface area contributed by atoms with E-state index in [4.69, 9.17) is 9.47 Å². The number of nitro groups is 1. The van der Waals surface area contributed by atoms with Gasteiger partial charge < -0.3 is 14.4 Å². The number of piperazine rings is 1. The van der Waals surface area contributed by atoms with Crippen molar-refractivity contribution in [2.75, 3.05) is 44.9 Å². The Kier molecular flexibility index (Phi) is 4.44. The molecule has 8 heteroatoms. The summed E-state index contributed by atoms with van der Waals surface area (Å²) in [4.78, 5) is 26.7. The summed E-state index contributed by atoms with van der Waals surface area (Å²) in [6.45, 7) is 2.67. The number of nitrogens with zero attached hydrogens (tertiary/aromatic N) is 3. The van der Waals surface area contributed by atoms with Gasteiger partial charge in [0.2, 0.25) is 0 Å². The van der Waals surface area contributed by atoms with E-state index in [0.29, 0.717) is 31.9 Å². The first-order chi connectivity index (χ1) is 11.1. The van der Waals surface area contributed by atoms with Crippen LogP contribution in [-0.4, -0.2) is 68.0 Å². The van der Waals surface area contributed by atoms with E-state index in [1.54, 1.807) is 18.2 Å². The van der Waals surface area contributed by atoms with Crippen LogP contribution in [0.3, 0.4) is 0 Å². The number of carbonyl (C=O) groups excluding carboxylic acids is 1. The average molecular weight is 321 g/mol. The number of anilines is 1. The Labute approximate surface area is 133 Å². The molecule has 0 aliphatic carbocycles. The number of esters is 1. The SMILES string of the molecule is COC(=O)c1cccc(N2CCN(C3COC3)C([N+](=O)[O-])C2)c1. The number of benzene rings is 1. The summed E-state index contributed by atoms with van der Waals surface area (Å²) in [5.74, 6) is -0.414. The lowest BCUT2D eigenvalue weighted by molar-refractivity contribution is -0.553. The van der Waals surface area contributed by atoms with Crippen molar-refractivity contribution in [3.05, 3.63) is 39.9 Å². The molecule has 3 rings (SSSR count). The highest BCUT2D eigenvalue weighted by Gasteiger charge is 2.41. The molecule has 1 aromatic carbocycles. The molecule has 0 saturated carbocycles. The molecule has 1 unspecified atom stereocenters. The summed E-state index contributed by atoms with van der Waals surface area (Å²) in [6, 6.07) is 7.13. The molecule has 0 amide bonds. The van der Waals surface area contributed by atoms with Crippen LogP contribution in [0.5, 0.6) is 0 Å². The fourth-order valence-electron chi connectivity index (χ4n) is 2.99. The van der Waals surface area contributed by atoms with Gasteiger partial charge in [0.1, 0.15) is 6.54 Å². The van der Waals surface area contributed by atoms with Gasteiger partial charge in [-0.25, -0.2) is 9.69 Å². The summed E-state index contributed by atoms with van der Waals surface area (Å²) >= 11 is 0. The number of hydrogen-bond donors (Lipinski definition) is 0. The van der Waals surface area contributed by atoms with E-state index < -0.39 is 12.1 Å². The first-order valence-electron chi connectivity index (χ1n) is 7.50. The van der Waals surface area contributed by atoms with Crippen LogP contribution in [0.15, 0.2) is 24.3 Å². The molecule has 2 heterocycles. The van der Waals surface area contributed by atoms with E-state index >= 15 is 0 Å². The van der Waals surface area contributed by atoms with E-state index in [0.717, 1.165) is 5.69 Å². The molecule has 0 radical (unpaired) electrons. The maximum absolute atomic E-state index is 11.6. The zero-order valence-electron chi connectivity index (χ0n) is 12.9. The molecule has 2 fully saturated rings. The predicted molar refractivity (Wildman–Crippen MR) is 82.1 cm³/mol. The van der Waals surface area contributed by atoms with Crippen molar-refractivity contribution in [1.29, 1.82) is 0 Å². The molecule has 2 saturated heterocycles. The van der Waals surface area contributed by atoms with E-state index in [1.807, 2.05) is 15.9 Å². The predicted octanol–water partition coefficient (Wildman–Crippen LogP) is 0.597. The van der Waals surface area contributed by atoms with E-state index in [-0.39, 0.29) is 17.5 Å². The molecule has 2 aliphatic rings. The highest BCUT2D eigenvalue weighted by Crippen LogP contribution is 2.24. The number of ether oxygens (including phenoxy) is 2. The van der Waals surface area contributed by atoms with E-state index in [2.05, 4.69) is 0 Å². The molecule has 1 atom stereocenters. The molecular weight excluding hydrogens is 302 g/mol. The van der Waals surface area contributed by atoms with Gasteiger partial charge in [-0.3, -0.25) is 10.1 Å². The number of carbonyl (C=O) groups is 1. The zero-order valence-corrected chi connectivity index (χ0v) is 12.9. The Morgan fingerprint density at radius 2 is 2.17 bits per heavy atom. The second kappa shape index (κ2) is 6.51. The lowest BCUT2D eigenvalue weighted by atomic mass is 10.1. The van der Waals surface area contributed by atoms with Crippen LogP contribution >= 0.6 is 0 Å².